The van der Waals surface area contributed by atoms with Crippen LogP contribution in [0.1, 0.15) is 46.0 Å². The van der Waals surface area contributed by atoms with E-state index in [9.17, 15) is 14.7 Å². The third kappa shape index (κ3) is 1.95. The molecule has 4 rings (SSSR count). The molecule has 130 valence electrons. The molecule has 3 unspecified atom stereocenters. The monoisotopic (exact) mass is 329 g/mol. The highest BCUT2D eigenvalue weighted by molar-refractivity contribution is 6.01. The van der Waals surface area contributed by atoms with Gasteiger partial charge in [-0.1, -0.05) is 25.5 Å². The lowest BCUT2D eigenvalue weighted by molar-refractivity contribution is -0.138. The molecule has 0 saturated heterocycles. The lowest BCUT2D eigenvalue weighted by Crippen LogP contribution is -2.56. The van der Waals surface area contributed by atoms with Crippen LogP contribution >= 0.6 is 0 Å². The maximum Gasteiger partial charge on any atom is 0.221 e. The molecule has 3 fully saturated rings. The Labute approximate surface area is 143 Å². The highest BCUT2D eigenvalue weighted by atomic mass is 16.3. The van der Waals surface area contributed by atoms with Gasteiger partial charge in [0.1, 0.15) is 0 Å². The molecule has 4 aliphatic rings. The molecule has 0 aromatic heterocycles. The van der Waals surface area contributed by atoms with E-state index in [0.29, 0.717) is 18.3 Å². The molecule has 3 N–H and O–H groups in total. The Balaban J connectivity index is 1.74. The van der Waals surface area contributed by atoms with E-state index in [1.807, 2.05) is 6.08 Å². The van der Waals surface area contributed by atoms with Crippen molar-refractivity contribution in [2.24, 2.45) is 40.2 Å². The first-order chi connectivity index (χ1) is 11.3. The smallest absolute Gasteiger partial charge is 0.221 e. The zero-order valence-electron chi connectivity index (χ0n) is 14.5. The molecule has 7 atom stereocenters. The van der Waals surface area contributed by atoms with Crippen molar-refractivity contribution in [2.45, 2.75) is 52.1 Å². The fourth-order valence-corrected chi connectivity index (χ4v) is 6.79. The molecule has 4 heteroatoms. The molecule has 0 aromatic carbocycles. The molecule has 1 amide bonds. The third-order valence-corrected chi connectivity index (χ3v) is 7.84. The van der Waals surface area contributed by atoms with Gasteiger partial charge in [0.25, 0.3) is 0 Å². The summed E-state index contributed by atoms with van der Waals surface area (Å²) in [6, 6.07) is 0. The van der Waals surface area contributed by atoms with Crippen LogP contribution in [-0.4, -0.2) is 22.9 Å². The van der Waals surface area contributed by atoms with Gasteiger partial charge in [-0.2, -0.15) is 0 Å². The molecule has 4 nitrogen and oxygen atoms in total. The van der Waals surface area contributed by atoms with Crippen LogP contribution in [0.5, 0.6) is 0 Å². The van der Waals surface area contributed by atoms with Crippen molar-refractivity contribution >= 4 is 11.7 Å². The van der Waals surface area contributed by atoms with Crippen molar-refractivity contribution in [3.63, 3.8) is 0 Å². The van der Waals surface area contributed by atoms with E-state index in [1.54, 1.807) is 12.2 Å². The minimum Gasteiger partial charge on any atom is -0.393 e. The standard InChI is InChI=1S/C20H27NO3/c1-19-8-7-12(22)9-11(19)3-4-13-14-5-6-15(18(21)24)20(14,2)10-16(23)17(13)19/h7-9,13-17,23H,3-6,10H2,1-2H3,(H2,21,24)/t13?,14?,15-,16+,17?,19+,20+/m1/s1. The maximum absolute atomic E-state index is 11.9. The summed E-state index contributed by atoms with van der Waals surface area (Å²) in [4.78, 5) is 23.7. The van der Waals surface area contributed by atoms with Crippen LogP contribution in [0.3, 0.4) is 0 Å². The predicted octanol–water partition coefficient (Wildman–Crippen LogP) is 2.37. The van der Waals surface area contributed by atoms with Gasteiger partial charge in [0, 0.05) is 17.3 Å². The van der Waals surface area contributed by atoms with Crippen LogP contribution in [0, 0.1) is 34.5 Å². The first kappa shape index (κ1) is 16.1. The largest absolute Gasteiger partial charge is 0.393 e. The van der Waals surface area contributed by atoms with Crippen LogP contribution in [0.15, 0.2) is 23.8 Å². The average Bonchev–Trinajstić information content (AvgIpc) is 2.84. The number of primary amides is 1. The Morgan fingerprint density at radius 2 is 2.04 bits per heavy atom. The molecule has 3 saturated carbocycles. The first-order valence-corrected chi connectivity index (χ1v) is 9.19. The molecule has 0 heterocycles. The van der Waals surface area contributed by atoms with Crippen LogP contribution < -0.4 is 5.73 Å². The Morgan fingerprint density at radius 3 is 2.75 bits per heavy atom. The second-order valence-corrected chi connectivity index (χ2v) is 8.83. The van der Waals surface area contributed by atoms with Gasteiger partial charge in [0.15, 0.2) is 5.78 Å². The van der Waals surface area contributed by atoms with Crippen molar-refractivity contribution in [3.8, 4) is 0 Å². The summed E-state index contributed by atoms with van der Waals surface area (Å²) in [5, 5.41) is 11.1. The fraction of sp³-hybridized carbons (Fsp3) is 0.700. The normalized spacial score (nSPS) is 49.9. The van der Waals surface area contributed by atoms with Crippen LogP contribution in [0.2, 0.25) is 0 Å². The Kier molecular flexibility index (Phi) is 3.38. The van der Waals surface area contributed by atoms with E-state index in [1.165, 1.54) is 5.57 Å². The maximum atomic E-state index is 11.9. The van der Waals surface area contributed by atoms with Crippen LogP contribution in [0.25, 0.3) is 0 Å². The molecule has 0 radical (unpaired) electrons. The Morgan fingerprint density at radius 1 is 1.29 bits per heavy atom. The topological polar surface area (TPSA) is 80.4 Å². The number of hydrogen-bond donors (Lipinski definition) is 2. The fourth-order valence-electron chi connectivity index (χ4n) is 6.79. The van der Waals surface area contributed by atoms with Gasteiger partial charge < -0.3 is 10.8 Å². The van der Waals surface area contributed by atoms with Gasteiger partial charge in [-0.3, -0.25) is 9.59 Å². The van der Waals surface area contributed by atoms with Crippen molar-refractivity contribution in [3.05, 3.63) is 23.8 Å². The van der Waals surface area contributed by atoms with Crippen LogP contribution in [-0.2, 0) is 9.59 Å². The molecular weight excluding hydrogens is 302 g/mol. The number of rotatable bonds is 1. The highest BCUT2D eigenvalue weighted by Gasteiger charge is 2.62. The van der Waals surface area contributed by atoms with Gasteiger partial charge in [-0.05, 0) is 61.5 Å². The summed E-state index contributed by atoms with van der Waals surface area (Å²) in [5.74, 6) is 0.691. The lowest BCUT2D eigenvalue weighted by Gasteiger charge is -2.58. The number of aliphatic hydroxyl groups excluding tert-OH is 1. The Hall–Kier alpha value is -1.42. The summed E-state index contributed by atoms with van der Waals surface area (Å²) >= 11 is 0. The number of carbonyl (C=O) groups excluding carboxylic acids is 2. The number of ketones is 1. The minimum absolute atomic E-state index is 0.0609. The summed E-state index contributed by atoms with van der Waals surface area (Å²) in [5.41, 5.74) is 6.43. The Bertz CT molecular complexity index is 666. The summed E-state index contributed by atoms with van der Waals surface area (Å²) in [6.07, 6.45) is 9.42. The first-order valence-electron chi connectivity index (χ1n) is 9.19. The molecule has 0 bridgehead atoms. The van der Waals surface area contributed by atoms with E-state index >= 15 is 0 Å². The summed E-state index contributed by atoms with van der Waals surface area (Å²) < 4.78 is 0. The van der Waals surface area contributed by atoms with E-state index in [-0.39, 0.29) is 34.4 Å². The van der Waals surface area contributed by atoms with E-state index in [2.05, 4.69) is 13.8 Å². The van der Waals surface area contributed by atoms with E-state index in [4.69, 9.17) is 5.73 Å². The highest BCUT2D eigenvalue weighted by Crippen LogP contribution is 2.65. The van der Waals surface area contributed by atoms with Crippen molar-refractivity contribution in [1.82, 2.24) is 0 Å². The molecule has 0 aromatic rings. The molecule has 24 heavy (non-hydrogen) atoms. The lowest BCUT2D eigenvalue weighted by atomic mass is 9.47. The number of aliphatic hydroxyl groups is 1. The van der Waals surface area contributed by atoms with E-state index in [0.717, 1.165) is 25.7 Å². The second kappa shape index (κ2) is 5.04. The SMILES string of the molecule is C[C@]12C=CC(=O)C=C1CCC1C2[C@@H](O)C[C@@]2(C)C1CC[C@@H]2C(N)=O. The summed E-state index contributed by atoms with van der Waals surface area (Å²) in [7, 11) is 0. The third-order valence-electron chi connectivity index (χ3n) is 7.84. The second-order valence-electron chi connectivity index (χ2n) is 8.83. The van der Waals surface area contributed by atoms with Crippen LogP contribution in [0.4, 0.5) is 0 Å². The molecular formula is C20H27NO3. The molecule has 0 spiro atoms. The van der Waals surface area contributed by atoms with Crippen molar-refractivity contribution in [2.75, 3.05) is 0 Å². The average molecular weight is 329 g/mol. The number of allylic oxidation sites excluding steroid dienone is 4. The number of nitrogens with two attached hydrogens (primary N) is 1. The van der Waals surface area contributed by atoms with Gasteiger partial charge in [-0.25, -0.2) is 0 Å². The predicted molar refractivity (Wildman–Crippen MR) is 90.7 cm³/mol. The molecule has 4 aliphatic carbocycles. The zero-order chi connectivity index (χ0) is 17.3. The zero-order valence-corrected chi connectivity index (χ0v) is 14.5. The van der Waals surface area contributed by atoms with Crippen molar-refractivity contribution < 1.29 is 14.7 Å². The number of fused-ring (bicyclic) bond motifs is 5. The van der Waals surface area contributed by atoms with Gasteiger partial charge in [0.2, 0.25) is 5.91 Å². The van der Waals surface area contributed by atoms with Gasteiger partial charge in [-0.15, -0.1) is 0 Å². The van der Waals surface area contributed by atoms with Crippen molar-refractivity contribution in [1.29, 1.82) is 0 Å². The van der Waals surface area contributed by atoms with E-state index < -0.39 is 6.10 Å². The minimum atomic E-state index is -0.456. The molecule has 0 aliphatic heterocycles. The van der Waals surface area contributed by atoms with Gasteiger partial charge >= 0.3 is 0 Å². The number of amides is 1. The number of carbonyl (C=O) groups is 2. The van der Waals surface area contributed by atoms with Gasteiger partial charge in [0.05, 0.1) is 6.10 Å². The number of hydrogen-bond acceptors (Lipinski definition) is 3. The summed E-state index contributed by atoms with van der Waals surface area (Å²) in [6.45, 7) is 4.33. The quantitative estimate of drug-likeness (QED) is 0.775.